The van der Waals surface area contributed by atoms with Gasteiger partial charge in [0, 0.05) is 13.8 Å². The number of carbonyl (C=O) groups is 4. The van der Waals surface area contributed by atoms with Crippen molar-refractivity contribution < 1.29 is 33.4 Å². The Morgan fingerprint density at radius 3 is 2.32 bits per heavy atom. The Morgan fingerprint density at radius 2 is 1.75 bits per heavy atom. The molecule has 1 saturated heterocycles. The van der Waals surface area contributed by atoms with Crippen LogP contribution >= 0.6 is 0 Å². The van der Waals surface area contributed by atoms with E-state index >= 15 is 0 Å². The number of carbonyl (C=O) groups excluding carboxylic acids is 4. The fraction of sp³-hybridized carbons (Fsp3) is 0.500. The molecule has 2 rings (SSSR count). The van der Waals surface area contributed by atoms with Crippen LogP contribution in [-0.2, 0) is 35.0 Å². The van der Waals surface area contributed by atoms with E-state index in [1.165, 1.54) is 13.8 Å². The number of hydrogen-bond donors (Lipinski definition) is 1. The number of ketones is 1. The Morgan fingerprint density at radius 1 is 1.14 bits per heavy atom. The van der Waals surface area contributed by atoms with Gasteiger partial charge in [0.1, 0.15) is 0 Å². The summed E-state index contributed by atoms with van der Waals surface area (Å²) in [6.07, 6.45) is 0.819. The van der Waals surface area contributed by atoms with Crippen LogP contribution in [-0.4, -0.2) is 42.3 Å². The van der Waals surface area contributed by atoms with E-state index in [0.29, 0.717) is 6.42 Å². The second-order valence-electron chi connectivity index (χ2n) is 6.95. The highest BCUT2D eigenvalue weighted by Gasteiger charge is 2.49. The third-order valence-electron chi connectivity index (χ3n) is 4.10. The molecule has 152 valence electrons. The topological polar surface area (TPSA) is 108 Å². The molecule has 28 heavy (non-hydrogen) atoms. The largest absolute Gasteiger partial charge is 0.450 e. The molecule has 0 saturated carbocycles. The van der Waals surface area contributed by atoms with Gasteiger partial charge < -0.3 is 19.5 Å². The number of cyclic esters (lactones) is 2. The molecule has 1 aliphatic rings. The molecule has 1 fully saturated rings. The molecule has 1 aromatic rings. The minimum atomic E-state index is -1.75. The van der Waals surface area contributed by atoms with Gasteiger partial charge in [-0.1, -0.05) is 43.7 Å². The Balaban J connectivity index is 2.17. The number of ether oxygens (including phenoxy) is 3. The fourth-order valence-electron chi connectivity index (χ4n) is 2.72. The summed E-state index contributed by atoms with van der Waals surface area (Å²) in [5.41, 5.74) is 0.743. The van der Waals surface area contributed by atoms with Crippen LogP contribution in [0.4, 0.5) is 4.79 Å². The van der Waals surface area contributed by atoms with Crippen molar-refractivity contribution >= 4 is 23.8 Å². The Kier molecular flexibility index (Phi) is 7.14. The van der Waals surface area contributed by atoms with E-state index in [0.717, 1.165) is 12.0 Å². The van der Waals surface area contributed by atoms with Crippen molar-refractivity contribution in [2.24, 2.45) is 5.92 Å². The molecule has 1 N–H and O–H groups in total. The first-order chi connectivity index (χ1) is 13.2. The lowest BCUT2D eigenvalue weighted by Gasteiger charge is -2.33. The molecule has 1 atom stereocenters. The standard InChI is InChI=1S/C20H25NO7/c1-4-5-11-26-19(25)21-14(12-13-9-7-6-8-10-13)16(22)15-17(23)27-20(2,3)28-18(15)24/h6-10,14-15H,4-5,11-12H2,1-3H3,(H,21,25). The molecule has 1 aliphatic heterocycles. The van der Waals surface area contributed by atoms with Crippen LogP contribution in [0.25, 0.3) is 0 Å². The molecule has 1 unspecified atom stereocenters. The number of Topliss-reactive ketones (excluding diaryl/α,β-unsaturated/α-hetero) is 1. The van der Waals surface area contributed by atoms with E-state index in [4.69, 9.17) is 14.2 Å². The highest BCUT2D eigenvalue weighted by atomic mass is 16.7. The average Bonchev–Trinajstić information content (AvgIpc) is 2.60. The molecule has 0 aliphatic carbocycles. The Labute approximate surface area is 163 Å². The third-order valence-corrected chi connectivity index (χ3v) is 4.10. The maximum Gasteiger partial charge on any atom is 0.407 e. The lowest BCUT2D eigenvalue weighted by molar-refractivity contribution is -0.238. The van der Waals surface area contributed by atoms with Gasteiger partial charge in [-0.05, 0) is 18.4 Å². The average molecular weight is 391 g/mol. The number of hydrogen-bond acceptors (Lipinski definition) is 7. The van der Waals surface area contributed by atoms with Gasteiger partial charge in [0.25, 0.3) is 5.79 Å². The molecule has 0 bridgehead atoms. The van der Waals surface area contributed by atoms with Crippen molar-refractivity contribution in [1.29, 1.82) is 0 Å². The summed E-state index contributed by atoms with van der Waals surface area (Å²) in [7, 11) is 0. The van der Waals surface area contributed by atoms with Crippen LogP contribution < -0.4 is 5.32 Å². The van der Waals surface area contributed by atoms with Crippen molar-refractivity contribution in [3.63, 3.8) is 0 Å². The third kappa shape index (κ3) is 5.80. The second-order valence-corrected chi connectivity index (χ2v) is 6.95. The van der Waals surface area contributed by atoms with Crippen molar-refractivity contribution in [3.8, 4) is 0 Å². The summed E-state index contributed by atoms with van der Waals surface area (Å²) in [6.45, 7) is 4.95. The normalized spacial score (nSPS) is 17.2. The number of rotatable bonds is 8. The zero-order valence-electron chi connectivity index (χ0n) is 16.2. The van der Waals surface area contributed by atoms with Gasteiger partial charge in [-0.15, -0.1) is 0 Å². The maximum absolute atomic E-state index is 12.9. The number of unbranched alkanes of at least 4 members (excludes halogenated alkanes) is 1. The summed E-state index contributed by atoms with van der Waals surface area (Å²) in [6, 6.07) is 7.76. The SMILES string of the molecule is CCCCOC(=O)NC(Cc1ccccc1)C(=O)C1C(=O)OC(C)(C)OC1=O. The van der Waals surface area contributed by atoms with Crippen molar-refractivity contribution in [1.82, 2.24) is 5.32 Å². The monoisotopic (exact) mass is 391 g/mol. The summed E-state index contributed by atoms with van der Waals surface area (Å²) in [4.78, 5) is 49.4. The van der Waals surface area contributed by atoms with E-state index in [2.05, 4.69) is 5.32 Å². The van der Waals surface area contributed by atoms with Gasteiger partial charge in [0.2, 0.25) is 5.92 Å². The number of esters is 2. The van der Waals surface area contributed by atoms with Crippen LogP contribution in [0.3, 0.4) is 0 Å². The van der Waals surface area contributed by atoms with E-state index in [1.54, 1.807) is 24.3 Å². The van der Waals surface area contributed by atoms with Crippen LogP contribution in [0.15, 0.2) is 30.3 Å². The zero-order chi connectivity index (χ0) is 20.7. The summed E-state index contributed by atoms with van der Waals surface area (Å²) in [5.74, 6) is -5.98. The molecule has 0 spiro atoms. The number of nitrogens with one attached hydrogen (secondary N) is 1. The van der Waals surface area contributed by atoms with Crippen LogP contribution in [0.2, 0.25) is 0 Å². The second kappa shape index (κ2) is 9.34. The molecule has 8 heteroatoms. The summed E-state index contributed by atoms with van der Waals surface area (Å²) in [5, 5.41) is 2.46. The van der Waals surface area contributed by atoms with Crippen molar-refractivity contribution in [2.45, 2.75) is 51.9 Å². The zero-order valence-corrected chi connectivity index (χ0v) is 16.2. The first-order valence-electron chi connectivity index (χ1n) is 9.20. The minimum absolute atomic E-state index is 0.0863. The number of amides is 1. The molecule has 0 radical (unpaired) electrons. The van der Waals surface area contributed by atoms with Crippen LogP contribution in [0, 0.1) is 5.92 Å². The molecule has 1 aromatic carbocycles. The first kappa shape index (κ1) is 21.4. The molecular weight excluding hydrogens is 366 g/mol. The van der Waals surface area contributed by atoms with Crippen LogP contribution in [0.5, 0.6) is 0 Å². The predicted molar refractivity (Wildman–Crippen MR) is 98.1 cm³/mol. The predicted octanol–water partition coefficient (Wildman–Crippen LogP) is 2.15. The van der Waals surface area contributed by atoms with Crippen LogP contribution in [0.1, 0.15) is 39.2 Å². The lowest BCUT2D eigenvalue weighted by atomic mass is 9.92. The van der Waals surface area contributed by atoms with Crippen molar-refractivity contribution in [2.75, 3.05) is 6.61 Å². The maximum atomic E-state index is 12.9. The van der Waals surface area contributed by atoms with E-state index in [9.17, 15) is 19.2 Å². The molecule has 1 amide bonds. The van der Waals surface area contributed by atoms with Crippen molar-refractivity contribution in [3.05, 3.63) is 35.9 Å². The van der Waals surface area contributed by atoms with E-state index in [1.807, 2.05) is 13.0 Å². The van der Waals surface area contributed by atoms with E-state index in [-0.39, 0.29) is 13.0 Å². The fourth-order valence-corrected chi connectivity index (χ4v) is 2.72. The number of alkyl carbamates (subject to hydrolysis) is 1. The molecular formula is C20H25NO7. The van der Waals surface area contributed by atoms with Gasteiger partial charge in [-0.3, -0.25) is 14.4 Å². The summed E-state index contributed by atoms with van der Waals surface area (Å²) >= 11 is 0. The van der Waals surface area contributed by atoms with Gasteiger partial charge in [0.05, 0.1) is 12.6 Å². The van der Waals surface area contributed by atoms with Gasteiger partial charge in [-0.2, -0.15) is 0 Å². The lowest BCUT2D eigenvalue weighted by Crippen LogP contribution is -2.54. The quantitative estimate of drug-likeness (QED) is 0.411. The van der Waals surface area contributed by atoms with Gasteiger partial charge in [-0.25, -0.2) is 4.79 Å². The highest BCUT2D eigenvalue weighted by molar-refractivity contribution is 6.17. The van der Waals surface area contributed by atoms with Gasteiger partial charge in [0.15, 0.2) is 5.78 Å². The minimum Gasteiger partial charge on any atom is -0.450 e. The Hall–Kier alpha value is -2.90. The molecule has 8 nitrogen and oxygen atoms in total. The number of benzene rings is 1. The van der Waals surface area contributed by atoms with Gasteiger partial charge >= 0.3 is 18.0 Å². The molecule has 0 aromatic heterocycles. The molecule has 1 heterocycles. The smallest absolute Gasteiger partial charge is 0.407 e. The highest BCUT2D eigenvalue weighted by Crippen LogP contribution is 2.25. The summed E-state index contributed by atoms with van der Waals surface area (Å²) < 4.78 is 15.1. The first-order valence-corrected chi connectivity index (χ1v) is 9.20. The van der Waals surface area contributed by atoms with E-state index < -0.39 is 41.6 Å². The Bertz CT molecular complexity index is 709.